The van der Waals surface area contributed by atoms with Crippen molar-refractivity contribution in [1.82, 2.24) is 19.5 Å². The first-order chi connectivity index (χ1) is 18.6. The minimum atomic E-state index is -3.80. The fraction of sp³-hybridized carbons (Fsp3) is 0.400. The Morgan fingerprint density at radius 2 is 1.85 bits per heavy atom. The number of benzene rings is 2. The zero-order valence-corrected chi connectivity index (χ0v) is 23.7. The van der Waals surface area contributed by atoms with Crippen molar-refractivity contribution in [3.63, 3.8) is 0 Å². The lowest BCUT2D eigenvalue weighted by molar-refractivity contribution is -0.124. The fourth-order valence-electron chi connectivity index (χ4n) is 5.25. The average molecular weight is 548 g/mol. The quantitative estimate of drug-likeness (QED) is 0.413. The van der Waals surface area contributed by atoms with Crippen molar-refractivity contribution in [2.45, 2.75) is 56.5 Å². The zero-order chi connectivity index (χ0) is 28.2. The molecule has 1 amide bonds. The smallest absolute Gasteiger partial charge is 0.244 e. The maximum Gasteiger partial charge on any atom is 0.244 e. The summed E-state index contributed by atoms with van der Waals surface area (Å²) in [4.78, 5) is 13.5. The summed E-state index contributed by atoms with van der Waals surface area (Å²) in [5, 5.41) is 17.0. The fourth-order valence-corrected chi connectivity index (χ4v) is 6.88. The van der Waals surface area contributed by atoms with E-state index in [2.05, 4.69) is 53.8 Å². The summed E-state index contributed by atoms with van der Waals surface area (Å²) in [6.45, 7) is 9.02. The second-order valence-electron chi connectivity index (χ2n) is 10.6. The van der Waals surface area contributed by atoms with Crippen LogP contribution < -0.4 is 10.6 Å². The number of fused-ring (bicyclic) bond motifs is 1. The number of nitrogens with zero attached hydrogens (tertiary/aromatic N) is 3. The van der Waals surface area contributed by atoms with E-state index < -0.39 is 16.1 Å². The number of hydrogen-bond donors (Lipinski definition) is 2. The summed E-state index contributed by atoms with van der Waals surface area (Å²) in [6, 6.07) is 17.8. The minimum absolute atomic E-state index is 0.0306. The van der Waals surface area contributed by atoms with Crippen LogP contribution in [0.5, 0.6) is 0 Å². The summed E-state index contributed by atoms with van der Waals surface area (Å²) in [5.41, 5.74) is 2.84. The molecule has 1 fully saturated rings. The molecule has 1 aliphatic rings. The van der Waals surface area contributed by atoms with E-state index in [9.17, 15) is 18.5 Å². The van der Waals surface area contributed by atoms with Gasteiger partial charge in [0.2, 0.25) is 15.9 Å². The normalized spacial score (nSPS) is 17.4. The van der Waals surface area contributed by atoms with Crippen molar-refractivity contribution < 1.29 is 13.2 Å². The number of nitrogens with one attached hydrogen (secondary N) is 2. The molecule has 0 radical (unpaired) electrons. The third-order valence-corrected chi connectivity index (χ3v) is 9.25. The van der Waals surface area contributed by atoms with E-state index in [1.54, 1.807) is 12.1 Å². The number of carbonyl (C=O) groups is 1. The van der Waals surface area contributed by atoms with Crippen LogP contribution in [-0.2, 0) is 21.9 Å². The number of sulfonamides is 1. The number of hydrogen-bond acceptors (Lipinski definition) is 5. The highest BCUT2D eigenvalue weighted by Crippen LogP contribution is 2.25. The van der Waals surface area contributed by atoms with Gasteiger partial charge in [-0.1, -0.05) is 50.8 Å². The van der Waals surface area contributed by atoms with Crippen molar-refractivity contribution in [3.8, 4) is 6.07 Å². The lowest BCUT2D eigenvalue weighted by Gasteiger charge is -2.26. The highest BCUT2D eigenvalue weighted by molar-refractivity contribution is 7.89. The zero-order valence-electron chi connectivity index (χ0n) is 22.9. The lowest BCUT2D eigenvalue weighted by atomic mass is 10.0. The van der Waals surface area contributed by atoms with Crippen LogP contribution in [0.1, 0.15) is 50.8 Å². The molecule has 2 atom stereocenters. The van der Waals surface area contributed by atoms with Gasteiger partial charge in [-0.2, -0.15) is 9.57 Å². The summed E-state index contributed by atoms with van der Waals surface area (Å²) < 4.78 is 30.1. The van der Waals surface area contributed by atoms with E-state index >= 15 is 0 Å². The number of amides is 1. The standard InChI is InChI=1S/C30H37N5O3S/c1-21(2)18-26(32-22(3)28-19-23-10-5-7-13-27(23)34(28)4)30(36)33-25-12-9-16-35(17-15-25)39(37,38)29-14-8-6-11-24(29)20-31/h5-8,10-11,13-14,19,21,25-26,32H,3,9,12,15-18H2,1-2,4H3,(H,33,36)/t25-,26+/m1/s1. The van der Waals surface area contributed by atoms with Crippen LogP contribution in [-0.4, -0.2) is 48.4 Å². The van der Waals surface area contributed by atoms with Gasteiger partial charge in [-0.25, -0.2) is 8.42 Å². The Balaban J connectivity index is 1.43. The number of carbonyl (C=O) groups excluding carboxylic acids is 1. The van der Waals surface area contributed by atoms with Gasteiger partial charge >= 0.3 is 0 Å². The first-order valence-corrected chi connectivity index (χ1v) is 14.9. The van der Waals surface area contributed by atoms with Crippen molar-refractivity contribution >= 4 is 32.5 Å². The van der Waals surface area contributed by atoms with Gasteiger partial charge in [-0.05, 0) is 55.9 Å². The molecule has 2 aromatic carbocycles. The molecule has 206 valence electrons. The predicted octanol–water partition coefficient (Wildman–Crippen LogP) is 4.38. The van der Waals surface area contributed by atoms with Gasteiger partial charge in [0, 0.05) is 37.1 Å². The molecule has 1 aromatic heterocycles. The number of nitriles is 1. The molecule has 1 saturated heterocycles. The van der Waals surface area contributed by atoms with E-state index in [1.165, 1.54) is 16.4 Å². The second-order valence-corrected chi connectivity index (χ2v) is 12.5. The summed E-state index contributed by atoms with van der Waals surface area (Å²) in [5.74, 6) is 0.170. The molecular weight excluding hydrogens is 510 g/mol. The van der Waals surface area contributed by atoms with Crippen LogP contribution in [0.2, 0.25) is 0 Å². The molecule has 4 rings (SSSR count). The Morgan fingerprint density at radius 3 is 2.56 bits per heavy atom. The van der Waals surface area contributed by atoms with Crippen molar-refractivity contribution in [2.75, 3.05) is 13.1 Å². The van der Waals surface area contributed by atoms with E-state index in [4.69, 9.17) is 0 Å². The molecule has 0 unspecified atom stereocenters. The van der Waals surface area contributed by atoms with Gasteiger partial charge in [0.1, 0.15) is 12.1 Å². The number of aromatic nitrogens is 1. The molecule has 1 aliphatic heterocycles. The largest absolute Gasteiger partial charge is 0.372 e. The molecule has 0 saturated carbocycles. The molecule has 0 aliphatic carbocycles. The third-order valence-electron chi connectivity index (χ3n) is 7.29. The third kappa shape index (κ3) is 6.35. The topological polar surface area (TPSA) is 107 Å². The summed E-state index contributed by atoms with van der Waals surface area (Å²) in [6.07, 6.45) is 2.42. The van der Waals surface area contributed by atoms with E-state index in [0.717, 1.165) is 16.6 Å². The minimum Gasteiger partial charge on any atom is -0.372 e. The Bertz CT molecular complexity index is 1500. The molecule has 39 heavy (non-hydrogen) atoms. The predicted molar refractivity (Wildman–Crippen MR) is 154 cm³/mol. The van der Waals surface area contributed by atoms with Gasteiger partial charge in [0.05, 0.1) is 21.8 Å². The van der Waals surface area contributed by atoms with Gasteiger partial charge in [0.25, 0.3) is 0 Å². The maximum atomic E-state index is 13.5. The first-order valence-electron chi connectivity index (χ1n) is 13.4. The van der Waals surface area contributed by atoms with Gasteiger partial charge < -0.3 is 15.2 Å². The van der Waals surface area contributed by atoms with Crippen LogP contribution in [0.15, 0.2) is 66.1 Å². The number of para-hydroxylation sites is 1. The van der Waals surface area contributed by atoms with Crippen LogP contribution >= 0.6 is 0 Å². The highest BCUT2D eigenvalue weighted by Gasteiger charge is 2.31. The van der Waals surface area contributed by atoms with Gasteiger partial charge in [-0.15, -0.1) is 0 Å². The molecule has 2 heterocycles. The van der Waals surface area contributed by atoms with E-state index in [1.807, 2.05) is 25.2 Å². The molecular formula is C30H37N5O3S. The molecule has 8 nitrogen and oxygen atoms in total. The second kappa shape index (κ2) is 12.1. The molecule has 0 bridgehead atoms. The first kappa shape index (κ1) is 28.4. The number of rotatable bonds is 9. The Labute approximate surface area is 231 Å². The van der Waals surface area contributed by atoms with E-state index in [0.29, 0.717) is 37.9 Å². The van der Waals surface area contributed by atoms with Gasteiger partial charge in [0.15, 0.2) is 0 Å². The van der Waals surface area contributed by atoms with Crippen LogP contribution in [0, 0.1) is 17.2 Å². The number of aryl methyl sites for hydroxylation is 1. The van der Waals surface area contributed by atoms with Crippen LogP contribution in [0.4, 0.5) is 0 Å². The Morgan fingerprint density at radius 1 is 1.13 bits per heavy atom. The summed E-state index contributed by atoms with van der Waals surface area (Å²) in [7, 11) is -1.81. The van der Waals surface area contributed by atoms with Crippen molar-refractivity contribution in [2.24, 2.45) is 13.0 Å². The van der Waals surface area contributed by atoms with Crippen molar-refractivity contribution in [1.29, 1.82) is 5.26 Å². The van der Waals surface area contributed by atoms with Gasteiger partial charge in [-0.3, -0.25) is 4.79 Å². The lowest BCUT2D eigenvalue weighted by Crippen LogP contribution is -2.48. The SMILES string of the molecule is C=C(N[C@@H](CC(C)C)C(=O)N[C@@H]1CCCN(S(=O)(=O)c2ccccc2C#N)CC1)c1cc2ccccc2n1C. The molecule has 3 aromatic rings. The monoisotopic (exact) mass is 547 g/mol. The highest BCUT2D eigenvalue weighted by atomic mass is 32.2. The van der Waals surface area contributed by atoms with Crippen LogP contribution in [0.3, 0.4) is 0 Å². The Kier molecular flexibility index (Phi) is 8.78. The summed E-state index contributed by atoms with van der Waals surface area (Å²) >= 11 is 0. The van der Waals surface area contributed by atoms with E-state index in [-0.39, 0.29) is 34.9 Å². The Hall–Kier alpha value is -3.61. The average Bonchev–Trinajstić information content (AvgIpc) is 3.07. The molecule has 0 spiro atoms. The maximum absolute atomic E-state index is 13.5. The molecule has 2 N–H and O–H groups in total. The van der Waals surface area contributed by atoms with Crippen LogP contribution in [0.25, 0.3) is 16.6 Å². The molecule has 9 heteroatoms. The van der Waals surface area contributed by atoms with Crippen molar-refractivity contribution in [3.05, 3.63) is 72.4 Å².